The fraction of sp³-hybridized carbons (Fsp3) is 0.278. The zero-order chi connectivity index (χ0) is 15.2. The standard InChI is InChI=1S/C18H19ClO2/c1-3-13(16-9-4-5-10-17(16)19)12-18(20)14-7-6-8-15(11-14)21-2/h4-11,13H,3,12H2,1-2H3/t13-/m0/s1. The highest BCUT2D eigenvalue weighted by molar-refractivity contribution is 6.31. The molecular formula is C18H19ClO2. The van der Waals surface area contributed by atoms with Gasteiger partial charge in [-0.25, -0.2) is 0 Å². The molecule has 0 saturated carbocycles. The third-order valence-electron chi connectivity index (χ3n) is 3.66. The zero-order valence-electron chi connectivity index (χ0n) is 12.3. The first-order valence-electron chi connectivity index (χ1n) is 7.07. The first kappa shape index (κ1) is 15.6. The lowest BCUT2D eigenvalue weighted by Gasteiger charge is -2.16. The molecule has 2 aromatic rings. The van der Waals surface area contributed by atoms with Crippen LogP contribution in [0.3, 0.4) is 0 Å². The highest BCUT2D eigenvalue weighted by Gasteiger charge is 2.18. The van der Waals surface area contributed by atoms with Crippen LogP contribution in [0.1, 0.15) is 41.6 Å². The highest BCUT2D eigenvalue weighted by atomic mass is 35.5. The molecule has 2 nitrogen and oxygen atoms in total. The van der Waals surface area contributed by atoms with Crippen molar-refractivity contribution in [2.24, 2.45) is 0 Å². The van der Waals surface area contributed by atoms with Crippen LogP contribution in [0.5, 0.6) is 5.75 Å². The van der Waals surface area contributed by atoms with Crippen LogP contribution in [0.25, 0.3) is 0 Å². The molecule has 3 heteroatoms. The van der Waals surface area contributed by atoms with E-state index in [0.29, 0.717) is 17.7 Å². The van der Waals surface area contributed by atoms with Gasteiger partial charge in [-0.3, -0.25) is 4.79 Å². The van der Waals surface area contributed by atoms with Crippen LogP contribution >= 0.6 is 11.6 Å². The zero-order valence-corrected chi connectivity index (χ0v) is 13.1. The Balaban J connectivity index is 2.18. The predicted octanol–water partition coefficient (Wildman–Crippen LogP) is 5.12. The molecular weight excluding hydrogens is 284 g/mol. The minimum Gasteiger partial charge on any atom is -0.497 e. The van der Waals surface area contributed by atoms with Crippen LogP contribution in [0.4, 0.5) is 0 Å². The van der Waals surface area contributed by atoms with Gasteiger partial charge in [0.25, 0.3) is 0 Å². The molecule has 110 valence electrons. The molecule has 0 N–H and O–H groups in total. The lowest BCUT2D eigenvalue weighted by atomic mass is 9.89. The predicted molar refractivity (Wildman–Crippen MR) is 86.4 cm³/mol. The quantitative estimate of drug-likeness (QED) is 0.693. The number of carbonyl (C=O) groups excluding carboxylic acids is 1. The summed E-state index contributed by atoms with van der Waals surface area (Å²) in [6.07, 6.45) is 1.33. The Bertz CT molecular complexity index is 622. The van der Waals surface area contributed by atoms with Gasteiger partial charge < -0.3 is 4.74 Å². The summed E-state index contributed by atoms with van der Waals surface area (Å²) in [5.74, 6) is 0.949. The lowest BCUT2D eigenvalue weighted by molar-refractivity contribution is 0.0972. The maximum absolute atomic E-state index is 12.5. The first-order chi connectivity index (χ1) is 10.2. The van der Waals surface area contributed by atoms with E-state index in [1.165, 1.54) is 0 Å². The second kappa shape index (κ2) is 7.28. The van der Waals surface area contributed by atoms with Crippen molar-refractivity contribution < 1.29 is 9.53 Å². The Hall–Kier alpha value is -1.80. The van der Waals surface area contributed by atoms with Crippen molar-refractivity contribution in [1.82, 2.24) is 0 Å². The van der Waals surface area contributed by atoms with E-state index in [-0.39, 0.29) is 11.7 Å². The third kappa shape index (κ3) is 3.85. The van der Waals surface area contributed by atoms with E-state index >= 15 is 0 Å². The fourth-order valence-corrected chi connectivity index (χ4v) is 2.71. The van der Waals surface area contributed by atoms with Crippen LogP contribution in [0, 0.1) is 0 Å². The van der Waals surface area contributed by atoms with Crippen molar-refractivity contribution in [3.05, 3.63) is 64.7 Å². The van der Waals surface area contributed by atoms with Crippen LogP contribution < -0.4 is 4.74 Å². The molecule has 2 rings (SSSR count). The Morgan fingerprint density at radius 2 is 1.95 bits per heavy atom. The molecule has 0 spiro atoms. The number of hydrogen-bond acceptors (Lipinski definition) is 2. The number of methoxy groups -OCH3 is 1. The van der Waals surface area contributed by atoms with Crippen molar-refractivity contribution in [2.75, 3.05) is 7.11 Å². The van der Waals surface area contributed by atoms with Gasteiger partial charge in [-0.05, 0) is 36.1 Å². The maximum Gasteiger partial charge on any atom is 0.163 e. The second-order valence-electron chi connectivity index (χ2n) is 4.99. The molecule has 21 heavy (non-hydrogen) atoms. The topological polar surface area (TPSA) is 26.3 Å². The molecule has 1 atom stereocenters. The summed E-state index contributed by atoms with van der Waals surface area (Å²) in [5, 5.41) is 0.725. The molecule has 0 fully saturated rings. The molecule has 0 aliphatic carbocycles. The number of carbonyl (C=O) groups is 1. The van der Waals surface area contributed by atoms with Crippen LogP contribution in [0.15, 0.2) is 48.5 Å². The smallest absolute Gasteiger partial charge is 0.163 e. The molecule has 0 heterocycles. The van der Waals surface area contributed by atoms with E-state index in [1.807, 2.05) is 42.5 Å². The molecule has 0 aromatic heterocycles. The molecule has 0 bridgehead atoms. The van der Waals surface area contributed by atoms with Gasteiger partial charge in [-0.1, -0.05) is 48.9 Å². The summed E-state index contributed by atoms with van der Waals surface area (Å²) in [7, 11) is 1.60. The van der Waals surface area contributed by atoms with E-state index in [9.17, 15) is 4.79 Å². The van der Waals surface area contributed by atoms with E-state index in [1.54, 1.807) is 13.2 Å². The summed E-state index contributed by atoms with van der Waals surface area (Å²) >= 11 is 6.24. The van der Waals surface area contributed by atoms with Crippen molar-refractivity contribution >= 4 is 17.4 Å². The normalized spacial score (nSPS) is 12.0. The van der Waals surface area contributed by atoms with Crippen molar-refractivity contribution in [1.29, 1.82) is 0 Å². The van der Waals surface area contributed by atoms with Gasteiger partial charge in [0.15, 0.2) is 5.78 Å². The molecule has 0 saturated heterocycles. The summed E-state index contributed by atoms with van der Waals surface area (Å²) in [6, 6.07) is 15.0. The Morgan fingerprint density at radius 1 is 1.19 bits per heavy atom. The van der Waals surface area contributed by atoms with Gasteiger partial charge in [0.1, 0.15) is 5.75 Å². The van der Waals surface area contributed by atoms with Crippen molar-refractivity contribution in [3.8, 4) is 5.75 Å². The number of benzene rings is 2. The first-order valence-corrected chi connectivity index (χ1v) is 7.45. The maximum atomic E-state index is 12.5. The number of ether oxygens (including phenoxy) is 1. The molecule has 2 aromatic carbocycles. The molecule has 0 aliphatic heterocycles. The van der Waals surface area contributed by atoms with Gasteiger partial charge in [0.2, 0.25) is 0 Å². The minimum atomic E-state index is 0.112. The van der Waals surface area contributed by atoms with Gasteiger partial charge >= 0.3 is 0 Å². The second-order valence-corrected chi connectivity index (χ2v) is 5.39. The number of ketones is 1. The Labute approximate surface area is 130 Å². The fourth-order valence-electron chi connectivity index (χ4n) is 2.42. The largest absolute Gasteiger partial charge is 0.497 e. The summed E-state index contributed by atoms with van der Waals surface area (Å²) in [4.78, 5) is 12.5. The van der Waals surface area contributed by atoms with E-state index < -0.39 is 0 Å². The Kier molecular flexibility index (Phi) is 5.40. The summed E-state index contributed by atoms with van der Waals surface area (Å²) in [5.41, 5.74) is 1.72. The SMILES string of the molecule is CC[C@@H](CC(=O)c1cccc(OC)c1)c1ccccc1Cl. The number of halogens is 1. The molecule has 0 radical (unpaired) electrons. The third-order valence-corrected chi connectivity index (χ3v) is 4.01. The van der Waals surface area contributed by atoms with Crippen LogP contribution in [0.2, 0.25) is 5.02 Å². The van der Waals surface area contributed by atoms with Crippen LogP contribution in [-0.2, 0) is 0 Å². The van der Waals surface area contributed by atoms with Gasteiger partial charge in [0, 0.05) is 17.0 Å². The van der Waals surface area contributed by atoms with Crippen LogP contribution in [-0.4, -0.2) is 12.9 Å². The number of Topliss-reactive ketones (excluding diaryl/α,β-unsaturated/α-hetero) is 1. The highest BCUT2D eigenvalue weighted by Crippen LogP contribution is 2.30. The van der Waals surface area contributed by atoms with Gasteiger partial charge in [-0.15, -0.1) is 0 Å². The lowest BCUT2D eigenvalue weighted by Crippen LogP contribution is -2.07. The van der Waals surface area contributed by atoms with Gasteiger partial charge in [0.05, 0.1) is 7.11 Å². The van der Waals surface area contributed by atoms with E-state index in [4.69, 9.17) is 16.3 Å². The minimum absolute atomic E-state index is 0.112. The summed E-state index contributed by atoms with van der Waals surface area (Å²) < 4.78 is 5.17. The molecule has 0 unspecified atom stereocenters. The van der Waals surface area contributed by atoms with Crippen molar-refractivity contribution in [3.63, 3.8) is 0 Å². The summed E-state index contributed by atoms with van der Waals surface area (Å²) in [6.45, 7) is 2.08. The van der Waals surface area contributed by atoms with Gasteiger partial charge in [-0.2, -0.15) is 0 Å². The Morgan fingerprint density at radius 3 is 2.62 bits per heavy atom. The van der Waals surface area contributed by atoms with Crippen molar-refractivity contribution in [2.45, 2.75) is 25.7 Å². The van der Waals surface area contributed by atoms with E-state index in [0.717, 1.165) is 17.0 Å². The monoisotopic (exact) mass is 302 g/mol. The number of rotatable bonds is 6. The average Bonchev–Trinajstić information content (AvgIpc) is 2.53. The average molecular weight is 303 g/mol. The molecule has 0 amide bonds. The van der Waals surface area contributed by atoms with E-state index in [2.05, 4.69) is 6.92 Å². The molecule has 0 aliphatic rings. The number of hydrogen-bond donors (Lipinski definition) is 0.